The van der Waals surface area contributed by atoms with Crippen molar-refractivity contribution in [2.75, 3.05) is 25.2 Å². The van der Waals surface area contributed by atoms with Crippen LogP contribution in [0.2, 0.25) is 0 Å². The van der Waals surface area contributed by atoms with Crippen molar-refractivity contribution < 1.29 is 23.4 Å². The molecule has 3 N–H and O–H groups in total. The summed E-state index contributed by atoms with van der Waals surface area (Å²) in [7, 11) is 1.43. The molecule has 0 atom stereocenters. The molecule has 0 bridgehead atoms. The van der Waals surface area contributed by atoms with E-state index in [4.69, 9.17) is 4.74 Å². The Bertz CT molecular complexity index is 1700. The van der Waals surface area contributed by atoms with Gasteiger partial charge in [0.2, 0.25) is 5.95 Å². The van der Waals surface area contributed by atoms with E-state index >= 15 is 4.39 Å². The molecule has 0 aliphatic rings. The van der Waals surface area contributed by atoms with Crippen LogP contribution in [-0.4, -0.2) is 51.6 Å². The van der Waals surface area contributed by atoms with Gasteiger partial charge in [-0.2, -0.15) is 5.10 Å². The zero-order chi connectivity index (χ0) is 26.1. The average Bonchev–Trinajstić information content (AvgIpc) is 3.32. The van der Waals surface area contributed by atoms with Crippen LogP contribution in [0.15, 0.2) is 59.4 Å². The number of benzene rings is 3. The summed E-state index contributed by atoms with van der Waals surface area (Å²) in [6.45, 7) is 0.110. The summed E-state index contributed by atoms with van der Waals surface area (Å²) in [4.78, 5) is 31.5. The summed E-state index contributed by atoms with van der Waals surface area (Å²) in [5, 5.41) is 17.3. The summed E-state index contributed by atoms with van der Waals surface area (Å²) < 4.78 is 35.4. The van der Waals surface area contributed by atoms with Crippen molar-refractivity contribution in [2.24, 2.45) is 0 Å². The van der Waals surface area contributed by atoms with E-state index in [1.54, 1.807) is 30.3 Å². The minimum Gasteiger partial charge on any atom is -0.465 e. The molecule has 188 valence electrons. The largest absolute Gasteiger partial charge is 0.465 e. The van der Waals surface area contributed by atoms with Gasteiger partial charge >= 0.3 is 6.09 Å². The topological polar surface area (TPSA) is 124 Å². The fourth-order valence-corrected chi connectivity index (χ4v) is 4.23. The highest BCUT2D eigenvalue weighted by Crippen LogP contribution is 2.32. The van der Waals surface area contributed by atoms with Gasteiger partial charge in [-0.1, -0.05) is 24.3 Å². The molecule has 11 heteroatoms. The molecule has 2 aromatic heterocycles. The number of halogens is 2. The van der Waals surface area contributed by atoms with Crippen LogP contribution in [0.4, 0.5) is 19.5 Å². The summed E-state index contributed by atoms with van der Waals surface area (Å²) >= 11 is 0. The Balaban J connectivity index is 1.54. The van der Waals surface area contributed by atoms with Gasteiger partial charge in [0.15, 0.2) is 5.82 Å². The summed E-state index contributed by atoms with van der Waals surface area (Å²) in [5.41, 5.74) is 1.07. The van der Waals surface area contributed by atoms with E-state index in [9.17, 15) is 19.1 Å². The van der Waals surface area contributed by atoms with Crippen LogP contribution >= 0.6 is 0 Å². The van der Waals surface area contributed by atoms with E-state index in [1.165, 1.54) is 31.4 Å². The second-order valence-electron chi connectivity index (χ2n) is 8.35. The van der Waals surface area contributed by atoms with Crippen molar-refractivity contribution >= 4 is 33.8 Å². The van der Waals surface area contributed by atoms with Crippen LogP contribution in [-0.2, 0) is 11.2 Å². The SMILES string of the molecule is COCCN(C(=O)O)c1nc2c(F)c(-c3cc(Cc4n[nH]c(=O)c5ccccc45)ccc3F)ccc2[nH]1. The lowest BCUT2D eigenvalue weighted by Crippen LogP contribution is -2.33. The Hall–Kier alpha value is -4.64. The standard InChI is InChI=1S/C26H21F2N5O4/c1-37-11-10-33(26(35)36)25-29-20-9-7-16(22(28)23(20)30-25)18-12-14(6-8-19(18)27)13-21-15-4-2-3-5-17(15)24(34)32-31-21/h2-9,12H,10-11,13H2,1H3,(H,29,30)(H,32,34)(H,35,36). The van der Waals surface area contributed by atoms with Gasteiger partial charge in [-0.25, -0.2) is 28.6 Å². The molecule has 0 unspecified atom stereocenters. The van der Waals surface area contributed by atoms with Crippen molar-refractivity contribution in [1.82, 2.24) is 20.2 Å². The number of hydrogen-bond acceptors (Lipinski definition) is 5. The molecule has 0 spiro atoms. The van der Waals surface area contributed by atoms with Gasteiger partial charge in [-0.3, -0.25) is 4.79 Å². The fourth-order valence-electron chi connectivity index (χ4n) is 4.23. The zero-order valence-electron chi connectivity index (χ0n) is 19.6. The van der Waals surface area contributed by atoms with Gasteiger partial charge in [-0.05, 0) is 35.9 Å². The maximum Gasteiger partial charge on any atom is 0.414 e. The summed E-state index contributed by atoms with van der Waals surface area (Å²) in [5.74, 6) is -1.49. The monoisotopic (exact) mass is 505 g/mol. The molecule has 0 saturated heterocycles. The quantitative estimate of drug-likeness (QED) is 0.300. The molecule has 0 aliphatic carbocycles. The van der Waals surface area contributed by atoms with E-state index in [0.29, 0.717) is 22.0 Å². The van der Waals surface area contributed by atoms with Gasteiger partial charge in [-0.15, -0.1) is 0 Å². The van der Waals surface area contributed by atoms with Gasteiger partial charge in [0.1, 0.15) is 11.3 Å². The molecule has 9 nitrogen and oxygen atoms in total. The Kier molecular flexibility index (Phi) is 6.36. The Labute approximate surface area is 208 Å². The first kappa shape index (κ1) is 24.1. The van der Waals surface area contributed by atoms with Gasteiger partial charge in [0.25, 0.3) is 5.56 Å². The van der Waals surface area contributed by atoms with E-state index in [1.807, 2.05) is 0 Å². The molecule has 0 radical (unpaired) electrons. The molecular weight excluding hydrogens is 484 g/mol. The van der Waals surface area contributed by atoms with E-state index < -0.39 is 17.7 Å². The lowest BCUT2D eigenvalue weighted by molar-refractivity contribution is 0.186. The number of carboxylic acid groups (broad SMARTS) is 1. The number of imidazole rings is 1. The lowest BCUT2D eigenvalue weighted by Gasteiger charge is -2.14. The molecule has 0 fully saturated rings. The van der Waals surface area contributed by atoms with Crippen LogP contribution < -0.4 is 10.5 Å². The number of rotatable bonds is 7. The Morgan fingerprint density at radius 2 is 1.86 bits per heavy atom. The van der Waals surface area contributed by atoms with Crippen molar-refractivity contribution in [3.8, 4) is 11.1 Å². The predicted octanol–water partition coefficient (Wildman–Crippen LogP) is 4.47. The number of aromatic nitrogens is 4. The van der Waals surface area contributed by atoms with E-state index in [2.05, 4.69) is 20.2 Å². The smallest absolute Gasteiger partial charge is 0.414 e. The third-order valence-corrected chi connectivity index (χ3v) is 6.05. The third kappa shape index (κ3) is 4.52. The average molecular weight is 505 g/mol. The number of methoxy groups -OCH3 is 1. The fraction of sp³-hybridized carbons (Fsp3) is 0.154. The number of aromatic amines is 2. The predicted molar refractivity (Wildman–Crippen MR) is 134 cm³/mol. The van der Waals surface area contributed by atoms with Crippen molar-refractivity contribution in [2.45, 2.75) is 6.42 Å². The maximum absolute atomic E-state index is 15.6. The van der Waals surface area contributed by atoms with E-state index in [0.717, 1.165) is 4.90 Å². The Morgan fingerprint density at radius 3 is 2.62 bits per heavy atom. The number of nitrogens with one attached hydrogen (secondary N) is 2. The number of anilines is 1. The highest BCUT2D eigenvalue weighted by Gasteiger charge is 2.22. The molecule has 3 aromatic carbocycles. The number of carbonyl (C=O) groups is 1. The molecule has 0 aliphatic heterocycles. The number of amides is 1. The first-order chi connectivity index (χ1) is 17.9. The van der Waals surface area contributed by atoms with Crippen LogP contribution in [0.1, 0.15) is 11.3 Å². The molecule has 5 rings (SSSR count). The van der Waals surface area contributed by atoms with Crippen LogP contribution in [0.3, 0.4) is 0 Å². The minimum absolute atomic E-state index is 0.00965. The maximum atomic E-state index is 15.6. The second kappa shape index (κ2) is 9.78. The number of H-pyrrole nitrogens is 2. The number of hydrogen-bond donors (Lipinski definition) is 3. The molecule has 37 heavy (non-hydrogen) atoms. The van der Waals surface area contributed by atoms with Crippen LogP contribution in [0.5, 0.6) is 0 Å². The van der Waals surface area contributed by atoms with Crippen molar-refractivity contribution in [3.05, 3.63) is 87.8 Å². The van der Waals surface area contributed by atoms with Gasteiger partial charge in [0, 0.05) is 30.0 Å². The number of ether oxygens (including phenoxy) is 1. The molecule has 0 saturated carbocycles. The van der Waals surface area contributed by atoms with Crippen LogP contribution in [0, 0.1) is 11.6 Å². The normalized spacial score (nSPS) is 11.3. The van der Waals surface area contributed by atoms with Crippen LogP contribution in [0.25, 0.3) is 32.9 Å². The summed E-state index contributed by atoms with van der Waals surface area (Å²) in [6.07, 6.45) is -1.01. The number of fused-ring (bicyclic) bond motifs is 2. The molecule has 1 amide bonds. The van der Waals surface area contributed by atoms with E-state index in [-0.39, 0.29) is 53.2 Å². The lowest BCUT2D eigenvalue weighted by atomic mass is 9.98. The molecule has 2 heterocycles. The second-order valence-corrected chi connectivity index (χ2v) is 8.35. The van der Waals surface area contributed by atoms with Gasteiger partial charge < -0.3 is 14.8 Å². The molecule has 5 aromatic rings. The highest BCUT2D eigenvalue weighted by atomic mass is 19.1. The van der Waals surface area contributed by atoms with Crippen molar-refractivity contribution in [1.29, 1.82) is 0 Å². The van der Waals surface area contributed by atoms with Crippen molar-refractivity contribution in [3.63, 3.8) is 0 Å². The number of nitrogens with zero attached hydrogens (tertiary/aromatic N) is 3. The molecular formula is C26H21F2N5O4. The van der Waals surface area contributed by atoms with Gasteiger partial charge in [0.05, 0.1) is 29.7 Å². The minimum atomic E-state index is -1.28. The zero-order valence-corrected chi connectivity index (χ0v) is 19.6. The first-order valence-electron chi connectivity index (χ1n) is 11.3. The Morgan fingerprint density at radius 1 is 1.08 bits per heavy atom. The highest BCUT2D eigenvalue weighted by molar-refractivity contribution is 5.89. The third-order valence-electron chi connectivity index (χ3n) is 6.05. The summed E-state index contributed by atoms with van der Waals surface area (Å²) in [6, 6.07) is 14.3. The first-order valence-corrected chi connectivity index (χ1v) is 11.3.